The molecule has 1 aromatic rings. The first-order valence-electron chi connectivity index (χ1n) is 7.16. The third-order valence-electron chi connectivity index (χ3n) is 2.85. The van der Waals surface area contributed by atoms with E-state index in [1.807, 2.05) is 0 Å². The van der Waals surface area contributed by atoms with Crippen LogP contribution in [-0.4, -0.2) is 36.9 Å². The molecule has 9 heteroatoms. The van der Waals surface area contributed by atoms with E-state index in [-0.39, 0.29) is 23.8 Å². The quantitative estimate of drug-likeness (QED) is 0.880. The van der Waals surface area contributed by atoms with Gasteiger partial charge in [-0.05, 0) is 32.9 Å². The van der Waals surface area contributed by atoms with Gasteiger partial charge in [-0.25, -0.2) is 4.79 Å². The second kappa shape index (κ2) is 6.90. The average Bonchev–Trinajstić information content (AvgIpc) is 2.56. The van der Waals surface area contributed by atoms with Gasteiger partial charge in [0.15, 0.2) is 0 Å². The van der Waals surface area contributed by atoms with Crippen molar-refractivity contribution in [3.63, 3.8) is 0 Å². The SMILES string of the molecule is CC(C)(C)OC(=O)NC1COc2cc(OC(F)F)ccc2NC1=O. The monoisotopic (exact) mass is 344 g/mol. The number of nitrogens with one attached hydrogen (secondary N) is 2. The van der Waals surface area contributed by atoms with Gasteiger partial charge >= 0.3 is 12.7 Å². The van der Waals surface area contributed by atoms with E-state index >= 15 is 0 Å². The van der Waals surface area contributed by atoms with Gasteiger partial charge in [0.25, 0.3) is 5.91 Å². The number of hydrogen-bond acceptors (Lipinski definition) is 5. The Labute approximate surface area is 137 Å². The molecule has 1 aliphatic heterocycles. The molecule has 0 bridgehead atoms. The van der Waals surface area contributed by atoms with Gasteiger partial charge in [-0.3, -0.25) is 4.79 Å². The maximum atomic E-state index is 12.2. The summed E-state index contributed by atoms with van der Waals surface area (Å²) in [5, 5.41) is 4.94. The minimum Gasteiger partial charge on any atom is -0.489 e. The molecule has 2 N–H and O–H groups in total. The highest BCUT2D eigenvalue weighted by Gasteiger charge is 2.28. The van der Waals surface area contributed by atoms with Crippen molar-refractivity contribution in [3.8, 4) is 11.5 Å². The first kappa shape index (κ1) is 17.8. The van der Waals surface area contributed by atoms with E-state index in [1.165, 1.54) is 18.2 Å². The number of hydrogen-bond donors (Lipinski definition) is 2. The lowest BCUT2D eigenvalue weighted by Crippen LogP contribution is -2.48. The normalized spacial score (nSPS) is 17.2. The van der Waals surface area contributed by atoms with E-state index < -0.39 is 30.3 Å². The van der Waals surface area contributed by atoms with E-state index in [4.69, 9.17) is 9.47 Å². The van der Waals surface area contributed by atoms with E-state index in [2.05, 4.69) is 15.4 Å². The third kappa shape index (κ3) is 4.97. The minimum absolute atomic E-state index is 0.100. The number of rotatable bonds is 3. The Morgan fingerprint density at radius 1 is 1.42 bits per heavy atom. The Bertz CT molecular complexity index is 631. The Morgan fingerprint density at radius 3 is 2.75 bits per heavy atom. The molecule has 0 radical (unpaired) electrons. The van der Waals surface area contributed by atoms with Crippen LogP contribution in [0.4, 0.5) is 19.3 Å². The molecule has 1 heterocycles. The van der Waals surface area contributed by atoms with Crippen LogP contribution < -0.4 is 20.1 Å². The fraction of sp³-hybridized carbons (Fsp3) is 0.467. The lowest BCUT2D eigenvalue weighted by atomic mass is 10.2. The topological polar surface area (TPSA) is 85.9 Å². The summed E-state index contributed by atoms with van der Waals surface area (Å²) in [5.74, 6) is -0.450. The third-order valence-corrected chi connectivity index (χ3v) is 2.85. The second-order valence-corrected chi connectivity index (χ2v) is 6.04. The van der Waals surface area contributed by atoms with Crippen LogP contribution in [0.3, 0.4) is 0 Å². The van der Waals surface area contributed by atoms with Crippen molar-refractivity contribution in [1.82, 2.24) is 5.32 Å². The zero-order valence-corrected chi connectivity index (χ0v) is 13.4. The van der Waals surface area contributed by atoms with Gasteiger partial charge in [-0.1, -0.05) is 0 Å². The largest absolute Gasteiger partial charge is 0.489 e. The zero-order valence-electron chi connectivity index (χ0n) is 13.4. The van der Waals surface area contributed by atoms with E-state index in [9.17, 15) is 18.4 Å². The highest BCUT2D eigenvalue weighted by atomic mass is 19.3. The molecule has 2 rings (SSSR count). The molecule has 0 fully saturated rings. The summed E-state index contributed by atoms with van der Waals surface area (Å²) in [7, 11) is 0. The Balaban J connectivity index is 2.06. The van der Waals surface area contributed by atoms with Crippen molar-refractivity contribution in [3.05, 3.63) is 18.2 Å². The van der Waals surface area contributed by atoms with Crippen molar-refractivity contribution in [2.75, 3.05) is 11.9 Å². The lowest BCUT2D eigenvalue weighted by Gasteiger charge is -2.22. The number of alkyl halides is 2. The van der Waals surface area contributed by atoms with Gasteiger partial charge in [0.05, 0.1) is 5.69 Å². The van der Waals surface area contributed by atoms with Crippen LogP contribution in [0.1, 0.15) is 20.8 Å². The lowest BCUT2D eigenvalue weighted by molar-refractivity contribution is -0.118. The van der Waals surface area contributed by atoms with Gasteiger partial charge < -0.3 is 24.8 Å². The zero-order chi connectivity index (χ0) is 17.9. The number of carbonyl (C=O) groups excluding carboxylic acids is 2. The standard InChI is InChI=1S/C15H18F2N2O5/c1-15(2,3)24-14(21)19-10-7-22-11-6-8(23-13(16)17)4-5-9(11)18-12(10)20/h4-6,10,13H,7H2,1-3H3,(H,18,20)(H,19,21). The molecule has 0 aromatic heterocycles. The molecule has 0 aliphatic carbocycles. The molecule has 1 aromatic carbocycles. The second-order valence-electron chi connectivity index (χ2n) is 6.04. The minimum atomic E-state index is -2.97. The van der Waals surface area contributed by atoms with E-state index in [0.717, 1.165) is 0 Å². The molecule has 1 aliphatic rings. The Morgan fingerprint density at radius 2 is 2.12 bits per heavy atom. The first-order chi connectivity index (χ1) is 11.1. The first-order valence-corrected chi connectivity index (χ1v) is 7.16. The molecule has 7 nitrogen and oxygen atoms in total. The van der Waals surface area contributed by atoms with Crippen LogP contribution in [0.15, 0.2) is 18.2 Å². The predicted molar refractivity (Wildman–Crippen MR) is 80.4 cm³/mol. The number of ether oxygens (including phenoxy) is 3. The predicted octanol–water partition coefficient (Wildman–Crippen LogP) is 2.51. The Hall–Kier alpha value is -2.58. The summed E-state index contributed by atoms with van der Waals surface area (Å²) in [6.45, 7) is 1.92. The number of carbonyl (C=O) groups is 2. The number of anilines is 1. The number of amides is 2. The molecular formula is C15H18F2N2O5. The van der Waals surface area contributed by atoms with Crippen LogP contribution in [-0.2, 0) is 9.53 Å². The van der Waals surface area contributed by atoms with E-state index in [1.54, 1.807) is 20.8 Å². The maximum Gasteiger partial charge on any atom is 0.408 e. The fourth-order valence-corrected chi connectivity index (χ4v) is 1.93. The van der Waals surface area contributed by atoms with Crippen LogP contribution in [0.2, 0.25) is 0 Å². The van der Waals surface area contributed by atoms with Crippen LogP contribution >= 0.6 is 0 Å². The van der Waals surface area contributed by atoms with Crippen molar-refractivity contribution >= 4 is 17.7 Å². The van der Waals surface area contributed by atoms with Crippen LogP contribution in [0, 0.1) is 0 Å². The molecule has 2 amide bonds. The number of benzene rings is 1. The molecule has 132 valence electrons. The van der Waals surface area contributed by atoms with Crippen LogP contribution in [0.25, 0.3) is 0 Å². The highest BCUT2D eigenvalue weighted by Crippen LogP contribution is 2.32. The summed E-state index contributed by atoms with van der Waals surface area (Å²) >= 11 is 0. The van der Waals surface area contributed by atoms with Crippen molar-refractivity contribution in [2.45, 2.75) is 39.0 Å². The average molecular weight is 344 g/mol. The van der Waals surface area contributed by atoms with Gasteiger partial charge in [0, 0.05) is 6.07 Å². The molecule has 1 unspecified atom stereocenters. The van der Waals surface area contributed by atoms with Crippen molar-refractivity contribution in [2.24, 2.45) is 0 Å². The van der Waals surface area contributed by atoms with Crippen molar-refractivity contribution < 1.29 is 32.6 Å². The smallest absolute Gasteiger partial charge is 0.408 e. The summed E-state index contributed by atoms with van der Waals surface area (Å²) in [4.78, 5) is 23.9. The Kier molecular flexibility index (Phi) is 5.10. The molecule has 0 spiro atoms. The number of fused-ring (bicyclic) bond motifs is 1. The molecule has 0 saturated carbocycles. The van der Waals surface area contributed by atoms with Crippen LogP contribution in [0.5, 0.6) is 11.5 Å². The maximum absolute atomic E-state index is 12.2. The summed E-state index contributed by atoms with van der Waals surface area (Å²) in [6, 6.07) is 2.89. The molecule has 0 saturated heterocycles. The van der Waals surface area contributed by atoms with Gasteiger partial charge in [-0.15, -0.1) is 0 Å². The summed E-state index contributed by atoms with van der Waals surface area (Å²) < 4.78 is 39.2. The molecule has 24 heavy (non-hydrogen) atoms. The van der Waals surface area contributed by atoms with Gasteiger partial charge in [0.1, 0.15) is 29.7 Å². The molecular weight excluding hydrogens is 326 g/mol. The van der Waals surface area contributed by atoms with Gasteiger partial charge in [0.2, 0.25) is 0 Å². The van der Waals surface area contributed by atoms with E-state index in [0.29, 0.717) is 0 Å². The summed E-state index contributed by atoms with van der Waals surface area (Å²) in [6.07, 6.45) is -0.765. The molecule has 1 atom stereocenters. The number of halogens is 2. The van der Waals surface area contributed by atoms with Crippen molar-refractivity contribution in [1.29, 1.82) is 0 Å². The summed E-state index contributed by atoms with van der Waals surface area (Å²) in [5.41, 5.74) is -0.425. The van der Waals surface area contributed by atoms with Gasteiger partial charge in [-0.2, -0.15) is 8.78 Å². The fourth-order valence-electron chi connectivity index (χ4n) is 1.93. The number of alkyl carbamates (subject to hydrolysis) is 1. The highest BCUT2D eigenvalue weighted by molar-refractivity contribution is 5.98.